The molecule has 1 saturated heterocycles. The first-order chi connectivity index (χ1) is 13.9. The summed E-state index contributed by atoms with van der Waals surface area (Å²) in [6, 6.07) is 0. The van der Waals surface area contributed by atoms with E-state index in [0.29, 0.717) is 23.1 Å². The summed E-state index contributed by atoms with van der Waals surface area (Å²) in [5, 5.41) is 0.560. The van der Waals surface area contributed by atoms with E-state index in [4.69, 9.17) is 4.74 Å². The van der Waals surface area contributed by atoms with Gasteiger partial charge in [0.15, 0.2) is 0 Å². The van der Waals surface area contributed by atoms with Gasteiger partial charge in [-0.2, -0.15) is 0 Å². The molecule has 1 fully saturated rings. The molecule has 1 aliphatic heterocycles. The van der Waals surface area contributed by atoms with Crippen molar-refractivity contribution in [2.75, 3.05) is 6.54 Å². The van der Waals surface area contributed by atoms with Crippen molar-refractivity contribution in [1.82, 2.24) is 14.9 Å². The first-order valence-corrected chi connectivity index (χ1v) is 10.3. The maximum Gasteiger partial charge on any atom is 0.308 e. The highest BCUT2D eigenvalue weighted by molar-refractivity contribution is 7.18. The summed E-state index contributed by atoms with van der Waals surface area (Å²) < 4.78 is 5.19. The van der Waals surface area contributed by atoms with Gasteiger partial charge in [0.1, 0.15) is 17.3 Å². The van der Waals surface area contributed by atoms with E-state index in [1.54, 1.807) is 0 Å². The van der Waals surface area contributed by atoms with Crippen LogP contribution in [0.25, 0.3) is 10.2 Å². The molecule has 2 amide bonds. The minimum Gasteiger partial charge on any atom is -0.457 e. The van der Waals surface area contributed by atoms with Crippen molar-refractivity contribution >= 4 is 39.3 Å². The van der Waals surface area contributed by atoms with Gasteiger partial charge in [-0.3, -0.25) is 24.1 Å². The number of likely N-dealkylation sites (tertiary alicyclic amines) is 1. The zero-order valence-corrected chi connectivity index (χ0v) is 17.0. The Labute approximate surface area is 170 Å². The van der Waals surface area contributed by atoms with Crippen LogP contribution >= 0.6 is 11.3 Å². The normalized spacial score (nSPS) is 21.1. The van der Waals surface area contributed by atoms with Gasteiger partial charge in [0.25, 0.3) is 5.56 Å². The van der Waals surface area contributed by atoms with E-state index in [-0.39, 0.29) is 54.6 Å². The molecular formula is C20H21N3O5S. The quantitative estimate of drug-likeness (QED) is 0.454. The van der Waals surface area contributed by atoms with Crippen LogP contribution in [0, 0.1) is 25.7 Å². The molecule has 0 aromatic carbocycles. The fourth-order valence-corrected chi connectivity index (χ4v) is 4.93. The standard InChI is InChI=1S/C20H21N3O5S/c1-10-11(2)29-18-16(10)17(25)21-14(22-18)9-28-15(24)7-8-23-19(26)12-5-3-4-6-13(12)20(23)27/h3-4,12-13H,5-9H2,1-2H3,(H,21,22,25)/t12-,13-/m0/s1. The van der Waals surface area contributed by atoms with Gasteiger partial charge in [-0.1, -0.05) is 12.2 Å². The first kappa shape index (κ1) is 19.5. The summed E-state index contributed by atoms with van der Waals surface area (Å²) in [5.74, 6) is -1.32. The number of thiophene rings is 1. The number of amides is 2. The summed E-state index contributed by atoms with van der Waals surface area (Å²) in [6.45, 7) is 3.64. The lowest BCUT2D eigenvalue weighted by Crippen LogP contribution is -2.33. The lowest BCUT2D eigenvalue weighted by atomic mass is 9.85. The van der Waals surface area contributed by atoms with Crippen LogP contribution in [0.3, 0.4) is 0 Å². The van der Waals surface area contributed by atoms with Crippen LogP contribution in [-0.2, 0) is 25.7 Å². The molecule has 1 N–H and O–H groups in total. The van der Waals surface area contributed by atoms with Crippen molar-refractivity contribution in [2.45, 2.75) is 39.7 Å². The predicted octanol–water partition coefficient (Wildman–Crippen LogP) is 1.99. The highest BCUT2D eigenvalue weighted by Gasteiger charge is 2.46. The van der Waals surface area contributed by atoms with Crippen molar-refractivity contribution in [3.05, 3.63) is 38.8 Å². The average molecular weight is 415 g/mol. The number of nitrogens with zero attached hydrogens (tertiary/aromatic N) is 2. The Bertz CT molecular complexity index is 1070. The second-order valence-corrected chi connectivity index (χ2v) is 8.57. The third kappa shape index (κ3) is 3.50. The minimum absolute atomic E-state index is 0.00972. The Balaban J connectivity index is 1.35. The van der Waals surface area contributed by atoms with Crippen LogP contribution < -0.4 is 5.56 Å². The number of rotatable bonds is 5. The molecule has 0 saturated carbocycles. The number of carbonyl (C=O) groups is 3. The van der Waals surface area contributed by atoms with Gasteiger partial charge in [0.2, 0.25) is 11.8 Å². The average Bonchev–Trinajstić information content (AvgIpc) is 3.12. The third-order valence-corrected chi connectivity index (χ3v) is 6.70. The number of aryl methyl sites for hydroxylation is 2. The molecule has 9 heteroatoms. The summed E-state index contributed by atoms with van der Waals surface area (Å²) in [6.07, 6.45) is 4.89. The van der Waals surface area contributed by atoms with E-state index in [9.17, 15) is 19.2 Å². The first-order valence-electron chi connectivity index (χ1n) is 9.51. The van der Waals surface area contributed by atoms with Crippen molar-refractivity contribution in [3.63, 3.8) is 0 Å². The van der Waals surface area contributed by atoms with E-state index in [0.717, 1.165) is 10.4 Å². The fourth-order valence-electron chi connectivity index (χ4n) is 3.88. The van der Waals surface area contributed by atoms with Crippen molar-refractivity contribution in [1.29, 1.82) is 0 Å². The zero-order valence-electron chi connectivity index (χ0n) is 16.2. The van der Waals surface area contributed by atoms with E-state index in [1.807, 2.05) is 26.0 Å². The monoisotopic (exact) mass is 415 g/mol. The number of ether oxygens (including phenoxy) is 1. The molecule has 152 valence electrons. The molecule has 4 rings (SSSR count). The Morgan fingerprint density at radius 2 is 1.86 bits per heavy atom. The SMILES string of the molecule is Cc1sc2nc(COC(=O)CCN3C(=O)[C@H]4CC=CC[C@@H]4C3=O)[nH]c(=O)c2c1C. The number of carbonyl (C=O) groups excluding carboxylic acids is 3. The Hall–Kier alpha value is -2.81. The Kier molecular flexibility index (Phi) is 5.08. The van der Waals surface area contributed by atoms with Crippen molar-refractivity contribution in [2.24, 2.45) is 11.8 Å². The van der Waals surface area contributed by atoms with Gasteiger partial charge in [-0.15, -0.1) is 11.3 Å². The highest BCUT2D eigenvalue weighted by atomic mass is 32.1. The maximum atomic E-state index is 12.4. The van der Waals surface area contributed by atoms with E-state index in [2.05, 4.69) is 9.97 Å². The number of esters is 1. The summed E-state index contributed by atoms with van der Waals surface area (Å²) >= 11 is 1.42. The number of imide groups is 1. The van der Waals surface area contributed by atoms with Crippen LogP contribution in [0.5, 0.6) is 0 Å². The molecule has 8 nitrogen and oxygen atoms in total. The Morgan fingerprint density at radius 1 is 1.21 bits per heavy atom. The topological polar surface area (TPSA) is 109 Å². The molecule has 0 spiro atoms. The van der Waals surface area contributed by atoms with Gasteiger partial charge in [-0.05, 0) is 32.3 Å². The Morgan fingerprint density at radius 3 is 2.52 bits per heavy atom. The molecule has 2 aromatic heterocycles. The van der Waals surface area contributed by atoms with Gasteiger partial charge in [0.05, 0.1) is 23.6 Å². The van der Waals surface area contributed by atoms with E-state index < -0.39 is 5.97 Å². The number of hydrogen-bond donors (Lipinski definition) is 1. The molecule has 2 atom stereocenters. The number of aromatic nitrogens is 2. The second kappa shape index (κ2) is 7.55. The number of hydrogen-bond acceptors (Lipinski definition) is 7. The molecule has 0 radical (unpaired) electrons. The van der Waals surface area contributed by atoms with Crippen LogP contribution in [0.1, 0.15) is 35.5 Å². The van der Waals surface area contributed by atoms with Crippen LogP contribution in [0.2, 0.25) is 0 Å². The number of nitrogens with one attached hydrogen (secondary N) is 1. The summed E-state index contributed by atoms with van der Waals surface area (Å²) in [4.78, 5) is 59.0. The number of fused-ring (bicyclic) bond motifs is 2. The highest BCUT2D eigenvalue weighted by Crippen LogP contribution is 2.35. The van der Waals surface area contributed by atoms with Gasteiger partial charge < -0.3 is 9.72 Å². The molecule has 2 aromatic rings. The van der Waals surface area contributed by atoms with Crippen LogP contribution in [0.15, 0.2) is 16.9 Å². The van der Waals surface area contributed by atoms with Gasteiger partial charge in [0, 0.05) is 11.4 Å². The molecule has 0 bridgehead atoms. The number of H-pyrrole nitrogens is 1. The summed E-state index contributed by atoms with van der Waals surface area (Å²) in [7, 11) is 0. The van der Waals surface area contributed by atoms with E-state index in [1.165, 1.54) is 16.2 Å². The second-order valence-electron chi connectivity index (χ2n) is 7.37. The predicted molar refractivity (Wildman–Crippen MR) is 106 cm³/mol. The lowest BCUT2D eigenvalue weighted by molar-refractivity contribution is -0.147. The third-order valence-electron chi connectivity index (χ3n) is 5.60. The van der Waals surface area contributed by atoms with Crippen molar-refractivity contribution < 1.29 is 19.1 Å². The summed E-state index contributed by atoms with van der Waals surface area (Å²) in [5.41, 5.74) is 0.644. The molecule has 0 unspecified atom stereocenters. The smallest absolute Gasteiger partial charge is 0.308 e. The number of aromatic amines is 1. The van der Waals surface area contributed by atoms with Crippen LogP contribution in [0.4, 0.5) is 0 Å². The van der Waals surface area contributed by atoms with Crippen LogP contribution in [-0.4, -0.2) is 39.2 Å². The minimum atomic E-state index is -0.556. The molecule has 2 aliphatic rings. The van der Waals surface area contributed by atoms with Crippen molar-refractivity contribution in [3.8, 4) is 0 Å². The molecular weight excluding hydrogens is 394 g/mol. The zero-order chi connectivity index (χ0) is 20.7. The van der Waals surface area contributed by atoms with Gasteiger partial charge in [-0.25, -0.2) is 4.98 Å². The molecule has 29 heavy (non-hydrogen) atoms. The molecule has 1 aliphatic carbocycles. The fraction of sp³-hybridized carbons (Fsp3) is 0.450. The maximum absolute atomic E-state index is 12.4. The molecule has 3 heterocycles. The van der Waals surface area contributed by atoms with Gasteiger partial charge >= 0.3 is 5.97 Å². The lowest BCUT2D eigenvalue weighted by Gasteiger charge is -2.14. The van der Waals surface area contributed by atoms with E-state index >= 15 is 0 Å². The largest absolute Gasteiger partial charge is 0.457 e. The number of allylic oxidation sites excluding steroid dienone is 2.